The number of nitrogen functional groups attached to an aromatic ring is 1. The maximum Gasteiger partial charge on any atom is 0.263 e. The maximum atomic E-state index is 13.1. The van der Waals surface area contributed by atoms with Crippen molar-refractivity contribution < 1.29 is 9.53 Å². The van der Waals surface area contributed by atoms with Crippen LogP contribution in [0.4, 0.5) is 5.69 Å². The van der Waals surface area contributed by atoms with Crippen molar-refractivity contribution in [2.24, 2.45) is 0 Å². The number of benzene rings is 2. The predicted molar refractivity (Wildman–Crippen MR) is 133 cm³/mol. The number of rotatable bonds is 6. The summed E-state index contributed by atoms with van der Waals surface area (Å²) in [6.45, 7) is 6.05. The number of ether oxygens (including phenoxy) is 1. The number of nitrogens with one attached hydrogen (secondary N) is 1. The van der Waals surface area contributed by atoms with E-state index < -0.39 is 0 Å². The van der Waals surface area contributed by atoms with Gasteiger partial charge in [-0.3, -0.25) is 4.79 Å². The summed E-state index contributed by atoms with van der Waals surface area (Å²) in [5.74, 6) is 0.613. The van der Waals surface area contributed by atoms with Crippen LogP contribution in [0.1, 0.15) is 36.9 Å². The van der Waals surface area contributed by atoms with Gasteiger partial charge < -0.3 is 15.8 Å². The Hall–Kier alpha value is -3.38. The summed E-state index contributed by atoms with van der Waals surface area (Å²) in [5.41, 5.74) is 10.5. The van der Waals surface area contributed by atoms with Gasteiger partial charge in [-0.15, -0.1) is 11.3 Å². The number of aromatic nitrogens is 1. The van der Waals surface area contributed by atoms with Crippen LogP contribution in [0.2, 0.25) is 0 Å². The third-order valence-corrected chi connectivity index (χ3v) is 6.81. The predicted octanol–water partition coefficient (Wildman–Crippen LogP) is 6.14. The fourth-order valence-corrected chi connectivity index (χ4v) is 4.51. The Morgan fingerprint density at radius 1 is 1.09 bits per heavy atom. The minimum absolute atomic E-state index is 0.167. The van der Waals surface area contributed by atoms with E-state index in [1.807, 2.05) is 81.4 Å². The number of hydrogen-bond donors (Lipinski definition) is 2. The number of anilines is 1. The maximum absolute atomic E-state index is 13.1. The molecule has 6 heteroatoms. The first-order chi connectivity index (χ1) is 15.3. The number of carbonyl (C=O) groups is 1. The van der Waals surface area contributed by atoms with Gasteiger partial charge in [-0.25, -0.2) is 4.98 Å². The number of methoxy groups -OCH3 is 1. The summed E-state index contributed by atoms with van der Waals surface area (Å²) in [6.07, 6.45) is 0.817. The molecule has 0 saturated carbocycles. The van der Waals surface area contributed by atoms with Crippen LogP contribution in [0.5, 0.6) is 5.75 Å². The first kappa shape index (κ1) is 21.8. The lowest BCUT2D eigenvalue weighted by molar-refractivity contribution is 0.0916. The standard InChI is InChI=1S/C26H27N3O2S/c1-5-26(2,3)29-24(30)23-22(27)21-19(16-11-13-18(31-4)14-12-16)15-20(28-25(21)32-23)17-9-7-6-8-10-17/h6-15H,5,27H2,1-4H3,(H,29,30). The number of nitrogens with zero attached hydrogens (tertiary/aromatic N) is 1. The topological polar surface area (TPSA) is 77.2 Å². The minimum atomic E-state index is -0.318. The normalized spacial score (nSPS) is 11.5. The van der Waals surface area contributed by atoms with Crippen molar-refractivity contribution in [1.29, 1.82) is 0 Å². The van der Waals surface area contributed by atoms with Crippen LogP contribution in [-0.2, 0) is 0 Å². The number of thiophene rings is 1. The van der Waals surface area contributed by atoms with Gasteiger partial charge in [-0.05, 0) is 49.6 Å². The molecule has 0 saturated heterocycles. The highest BCUT2D eigenvalue weighted by atomic mass is 32.1. The fraction of sp³-hybridized carbons (Fsp3) is 0.231. The third kappa shape index (κ3) is 4.18. The van der Waals surface area contributed by atoms with Gasteiger partial charge in [0.2, 0.25) is 0 Å². The fourth-order valence-electron chi connectivity index (χ4n) is 3.50. The molecule has 32 heavy (non-hydrogen) atoms. The van der Waals surface area contributed by atoms with E-state index in [0.29, 0.717) is 10.6 Å². The summed E-state index contributed by atoms with van der Waals surface area (Å²) >= 11 is 1.34. The summed E-state index contributed by atoms with van der Waals surface area (Å²) < 4.78 is 5.31. The number of carbonyl (C=O) groups excluding carboxylic acids is 1. The molecule has 0 aliphatic heterocycles. The number of pyridine rings is 1. The smallest absolute Gasteiger partial charge is 0.263 e. The Morgan fingerprint density at radius 3 is 2.41 bits per heavy atom. The second-order valence-corrected chi connectivity index (χ2v) is 9.37. The van der Waals surface area contributed by atoms with Crippen molar-refractivity contribution in [3.63, 3.8) is 0 Å². The van der Waals surface area contributed by atoms with E-state index in [1.54, 1.807) is 7.11 Å². The number of nitrogens with two attached hydrogens (primary N) is 1. The molecule has 0 bridgehead atoms. The Balaban J connectivity index is 1.92. The average Bonchev–Trinajstić information content (AvgIpc) is 3.15. The van der Waals surface area contributed by atoms with E-state index in [-0.39, 0.29) is 11.4 Å². The van der Waals surface area contributed by atoms with Gasteiger partial charge >= 0.3 is 0 Å². The summed E-state index contributed by atoms with van der Waals surface area (Å²) in [6, 6.07) is 19.9. The molecule has 0 radical (unpaired) electrons. The zero-order valence-electron chi connectivity index (χ0n) is 18.7. The van der Waals surface area contributed by atoms with E-state index in [0.717, 1.165) is 44.8 Å². The van der Waals surface area contributed by atoms with Gasteiger partial charge in [0.1, 0.15) is 15.5 Å². The first-order valence-electron chi connectivity index (χ1n) is 10.6. The van der Waals surface area contributed by atoms with Crippen LogP contribution in [0.3, 0.4) is 0 Å². The van der Waals surface area contributed by atoms with Crippen molar-refractivity contribution in [3.05, 3.63) is 65.5 Å². The minimum Gasteiger partial charge on any atom is -0.497 e. The van der Waals surface area contributed by atoms with Crippen molar-refractivity contribution in [2.75, 3.05) is 12.8 Å². The molecule has 0 fully saturated rings. The van der Waals surface area contributed by atoms with Crippen LogP contribution in [0.25, 0.3) is 32.6 Å². The monoisotopic (exact) mass is 445 g/mol. The molecule has 4 rings (SSSR count). The summed E-state index contributed by atoms with van der Waals surface area (Å²) in [5, 5.41) is 3.90. The lowest BCUT2D eigenvalue weighted by Crippen LogP contribution is -2.42. The molecule has 0 atom stereocenters. The Kier molecular flexibility index (Phi) is 5.89. The Bertz CT molecular complexity index is 1260. The van der Waals surface area contributed by atoms with Gasteiger partial charge in [-0.1, -0.05) is 49.4 Å². The molecule has 0 aliphatic rings. The molecule has 3 N–H and O–H groups in total. The van der Waals surface area contributed by atoms with E-state index in [4.69, 9.17) is 15.5 Å². The van der Waals surface area contributed by atoms with Gasteiger partial charge in [-0.2, -0.15) is 0 Å². The Morgan fingerprint density at radius 2 is 1.78 bits per heavy atom. The number of fused-ring (bicyclic) bond motifs is 1. The first-order valence-corrected chi connectivity index (χ1v) is 11.4. The summed E-state index contributed by atoms with van der Waals surface area (Å²) in [4.78, 5) is 19.2. The molecule has 0 spiro atoms. The van der Waals surface area contributed by atoms with Gasteiger partial charge in [0.05, 0.1) is 18.5 Å². The molecular weight excluding hydrogens is 418 g/mol. The molecule has 2 heterocycles. The zero-order valence-corrected chi connectivity index (χ0v) is 19.5. The van der Waals surface area contributed by atoms with Gasteiger partial charge in [0.15, 0.2) is 0 Å². The van der Waals surface area contributed by atoms with Crippen LogP contribution in [0.15, 0.2) is 60.7 Å². The van der Waals surface area contributed by atoms with Crippen LogP contribution in [-0.4, -0.2) is 23.5 Å². The zero-order chi connectivity index (χ0) is 22.9. The van der Waals surface area contributed by atoms with Crippen molar-refractivity contribution in [1.82, 2.24) is 10.3 Å². The van der Waals surface area contributed by atoms with E-state index in [1.165, 1.54) is 11.3 Å². The van der Waals surface area contributed by atoms with Crippen molar-refractivity contribution in [3.8, 4) is 28.1 Å². The number of amides is 1. The van der Waals surface area contributed by atoms with Crippen LogP contribution < -0.4 is 15.8 Å². The lowest BCUT2D eigenvalue weighted by Gasteiger charge is -2.24. The molecule has 4 aromatic rings. The lowest BCUT2D eigenvalue weighted by atomic mass is 9.99. The third-order valence-electron chi connectivity index (χ3n) is 5.71. The molecule has 2 aromatic heterocycles. The number of hydrogen-bond acceptors (Lipinski definition) is 5. The highest BCUT2D eigenvalue weighted by molar-refractivity contribution is 7.21. The van der Waals surface area contributed by atoms with Gasteiger partial charge in [0, 0.05) is 16.5 Å². The highest BCUT2D eigenvalue weighted by Gasteiger charge is 2.25. The average molecular weight is 446 g/mol. The second-order valence-electron chi connectivity index (χ2n) is 8.37. The van der Waals surface area contributed by atoms with E-state index in [2.05, 4.69) is 5.32 Å². The quantitative estimate of drug-likeness (QED) is 0.374. The molecule has 5 nitrogen and oxygen atoms in total. The van der Waals surface area contributed by atoms with E-state index >= 15 is 0 Å². The molecule has 1 amide bonds. The largest absolute Gasteiger partial charge is 0.497 e. The van der Waals surface area contributed by atoms with Gasteiger partial charge in [0.25, 0.3) is 5.91 Å². The SMILES string of the molecule is CCC(C)(C)NC(=O)c1sc2nc(-c3ccccc3)cc(-c3ccc(OC)cc3)c2c1N. The van der Waals surface area contributed by atoms with Crippen molar-refractivity contribution in [2.45, 2.75) is 32.7 Å². The van der Waals surface area contributed by atoms with Crippen molar-refractivity contribution >= 4 is 33.1 Å². The molecular formula is C26H27N3O2S. The van der Waals surface area contributed by atoms with Crippen LogP contribution in [0, 0.1) is 0 Å². The molecule has 164 valence electrons. The second kappa shape index (κ2) is 8.63. The summed E-state index contributed by atoms with van der Waals surface area (Å²) in [7, 11) is 1.65. The molecule has 0 unspecified atom stereocenters. The van der Waals surface area contributed by atoms with Crippen LogP contribution >= 0.6 is 11.3 Å². The highest BCUT2D eigenvalue weighted by Crippen LogP contribution is 2.41. The molecule has 2 aromatic carbocycles. The molecule has 0 aliphatic carbocycles. The Labute approximate surface area is 192 Å². The van der Waals surface area contributed by atoms with E-state index in [9.17, 15) is 4.79 Å².